The predicted octanol–water partition coefficient (Wildman–Crippen LogP) is 5.94. The molecule has 1 N–H and O–H groups in total. The van der Waals surface area contributed by atoms with Crippen molar-refractivity contribution in [2.75, 3.05) is 40.4 Å². The highest BCUT2D eigenvalue weighted by molar-refractivity contribution is 5.64. The largest absolute Gasteiger partial charge is 0.493 e. The summed E-state index contributed by atoms with van der Waals surface area (Å²) in [7, 11) is 3.37. The summed E-state index contributed by atoms with van der Waals surface area (Å²) in [6.45, 7) is 4.29. The number of rotatable bonds is 9. The minimum Gasteiger partial charge on any atom is -0.493 e. The van der Waals surface area contributed by atoms with Crippen LogP contribution >= 0.6 is 0 Å². The Kier molecular flexibility index (Phi) is 8.04. The number of methoxy groups -OCH3 is 2. The van der Waals surface area contributed by atoms with Gasteiger partial charge in [0.2, 0.25) is 5.75 Å². The van der Waals surface area contributed by atoms with Gasteiger partial charge in [-0.2, -0.15) is 0 Å². The summed E-state index contributed by atoms with van der Waals surface area (Å²) in [6.07, 6.45) is 0. The zero-order valence-corrected chi connectivity index (χ0v) is 21.5. The van der Waals surface area contributed by atoms with E-state index in [4.69, 9.17) is 14.2 Å². The van der Waals surface area contributed by atoms with Gasteiger partial charge in [0, 0.05) is 26.2 Å². The third kappa shape index (κ3) is 5.79. The van der Waals surface area contributed by atoms with Gasteiger partial charge >= 0.3 is 0 Å². The molecule has 4 aromatic rings. The van der Waals surface area contributed by atoms with E-state index in [9.17, 15) is 0 Å². The molecule has 1 aliphatic rings. The maximum atomic E-state index is 6.21. The van der Waals surface area contributed by atoms with E-state index in [0.29, 0.717) is 23.9 Å². The molecule has 0 aromatic heterocycles. The molecule has 1 unspecified atom stereocenters. The molecule has 5 heteroatoms. The number of benzene rings is 4. The first-order valence-corrected chi connectivity index (χ1v) is 12.8. The molecular weight excluding hydrogens is 460 g/mol. The third-order valence-corrected chi connectivity index (χ3v) is 6.87. The maximum Gasteiger partial charge on any atom is 0.203 e. The molecule has 4 aromatic carbocycles. The van der Waals surface area contributed by atoms with Crippen molar-refractivity contribution >= 4 is 0 Å². The van der Waals surface area contributed by atoms with Crippen LogP contribution in [0.5, 0.6) is 17.2 Å². The average Bonchev–Trinajstić information content (AvgIpc) is 2.98. The first kappa shape index (κ1) is 24.9. The molecule has 1 saturated heterocycles. The average molecular weight is 495 g/mol. The maximum absolute atomic E-state index is 6.21. The van der Waals surface area contributed by atoms with Gasteiger partial charge in [-0.05, 0) is 39.9 Å². The highest BCUT2D eigenvalue weighted by Crippen LogP contribution is 2.43. The highest BCUT2D eigenvalue weighted by atomic mass is 16.5. The Hall–Kier alpha value is -3.80. The fourth-order valence-electron chi connectivity index (χ4n) is 4.97. The van der Waals surface area contributed by atoms with E-state index in [1.54, 1.807) is 14.2 Å². The second kappa shape index (κ2) is 12.0. The zero-order chi connectivity index (χ0) is 25.5. The second-order valence-corrected chi connectivity index (χ2v) is 9.21. The normalized spacial score (nSPS) is 14.6. The van der Waals surface area contributed by atoms with Gasteiger partial charge in [0.15, 0.2) is 11.5 Å². The number of hydrogen-bond acceptors (Lipinski definition) is 5. The SMILES string of the molecule is COc1cc(C(c2ccc(-c3ccccc3)cc2)N2CCNCC2)cc(OC)c1OCc1ccccc1. The molecule has 0 amide bonds. The standard InChI is InChI=1S/C32H34N2O3/c1-35-29-21-28(22-30(36-2)32(29)37-23-24-9-5-3-6-10-24)31(34-19-17-33-18-20-34)27-15-13-26(14-16-27)25-11-7-4-8-12-25/h3-16,21-22,31,33H,17-20,23H2,1-2H3. The zero-order valence-electron chi connectivity index (χ0n) is 21.5. The molecule has 1 atom stereocenters. The van der Waals surface area contributed by atoms with Gasteiger partial charge in [0.1, 0.15) is 6.61 Å². The number of piperazine rings is 1. The van der Waals surface area contributed by atoms with E-state index in [-0.39, 0.29) is 6.04 Å². The molecule has 0 saturated carbocycles. The summed E-state index contributed by atoms with van der Waals surface area (Å²) < 4.78 is 17.9. The lowest BCUT2D eigenvalue weighted by atomic mass is 9.93. The smallest absolute Gasteiger partial charge is 0.203 e. The molecular formula is C32H34N2O3. The predicted molar refractivity (Wildman–Crippen MR) is 148 cm³/mol. The van der Waals surface area contributed by atoms with Crippen molar-refractivity contribution in [3.63, 3.8) is 0 Å². The van der Waals surface area contributed by atoms with Crippen LogP contribution in [0.1, 0.15) is 22.7 Å². The first-order chi connectivity index (χ1) is 18.3. The quantitative estimate of drug-likeness (QED) is 0.312. The van der Waals surface area contributed by atoms with Crippen LogP contribution in [0.15, 0.2) is 97.1 Å². The Morgan fingerprint density at radius 2 is 1.27 bits per heavy atom. The van der Waals surface area contributed by atoms with Gasteiger partial charge in [-0.25, -0.2) is 0 Å². The fourth-order valence-corrected chi connectivity index (χ4v) is 4.97. The van der Waals surface area contributed by atoms with Crippen molar-refractivity contribution in [1.82, 2.24) is 10.2 Å². The lowest BCUT2D eigenvalue weighted by molar-refractivity contribution is 0.197. The summed E-state index contributed by atoms with van der Waals surface area (Å²) in [5, 5.41) is 3.48. The van der Waals surface area contributed by atoms with Crippen molar-refractivity contribution in [2.24, 2.45) is 0 Å². The molecule has 5 rings (SSSR count). The topological polar surface area (TPSA) is 43.0 Å². The summed E-state index contributed by atoms with van der Waals surface area (Å²) in [5.41, 5.74) is 5.88. The summed E-state index contributed by atoms with van der Waals surface area (Å²) >= 11 is 0. The number of nitrogens with one attached hydrogen (secondary N) is 1. The van der Waals surface area contributed by atoms with Crippen LogP contribution in [0.3, 0.4) is 0 Å². The van der Waals surface area contributed by atoms with Gasteiger partial charge in [-0.3, -0.25) is 4.90 Å². The van der Waals surface area contributed by atoms with E-state index in [1.807, 2.05) is 36.4 Å². The van der Waals surface area contributed by atoms with E-state index >= 15 is 0 Å². The van der Waals surface area contributed by atoms with Gasteiger partial charge in [-0.1, -0.05) is 84.9 Å². The van der Waals surface area contributed by atoms with Gasteiger partial charge in [-0.15, -0.1) is 0 Å². The molecule has 1 aliphatic heterocycles. The molecule has 5 nitrogen and oxygen atoms in total. The van der Waals surface area contributed by atoms with Crippen LogP contribution in [0.4, 0.5) is 0 Å². The number of nitrogens with zero attached hydrogens (tertiary/aromatic N) is 1. The van der Waals surface area contributed by atoms with E-state index in [1.165, 1.54) is 16.7 Å². The van der Waals surface area contributed by atoms with Crippen molar-refractivity contribution < 1.29 is 14.2 Å². The molecule has 37 heavy (non-hydrogen) atoms. The van der Waals surface area contributed by atoms with Gasteiger partial charge in [0.25, 0.3) is 0 Å². The van der Waals surface area contributed by atoms with Crippen LogP contribution in [0.25, 0.3) is 11.1 Å². The lowest BCUT2D eigenvalue weighted by Gasteiger charge is -2.36. The Labute approximate surface area is 219 Å². The molecule has 1 heterocycles. The molecule has 0 bridgehead atoms. The lowest BCUT2D eigenvalue weighted by Crippen LogP contribution is -2.45. The monoisotopic (exact) mass is 494 g/mol. The van der Waals surface area contributed by atoms with Crippen LogP contribution in [0, 0.1) is 0 Å². The van der Waals surface area contributed by atoms with Crippen molar-refractivity contribution in [1.29, 1.82) is 0 Å². The Morgan fingerprint density at radius 3 is 1.86 bits per heavy atom. The summed E-state index contributed by atoms with van der Waals surface area (Å²) in [6, 6.07) is 33.8. The molecule has 0 spiro atoms. The number of hydrogen-bond donors (Lipinski definition) is 1. The summed E-state index contributed by atoms with van der Waals surface area (Å²) in [5.74, 6) is 1.97. The highest BCUT2D eigenvalue weighted by Gasteiger charge is 2.27. The molecule has 0 radical (unpaired) electrons. The number of ether oxygens (including phenoxy) is 3. The van der Waals surface area contributed by atoms with Crippen molar-refractivity contribution in [2.45, 2.75) is 12.6 Å². The third-order valence-electron chi connectivity index (χ3n) is 6.87. The van der Waals surface area contributed by atoms with E-state index < -0.39 is 0 Å². The van der Waals surface area contributed by atoms with Crippen LogP contribution in [-0.2, 0) is 6.61 Å². The van der Waals surface area contributed by atoms with E-state index in [2.05, 4.69) is 70.9 Å². The molecule has 1 fully saturated rings. The van der Waals surface area contributed by atoms with Gasteiger partial charge in [0.05, 0.1) is 20.3 Å². The van der Waals surface area contributed by atoms with Crippen molar-refractivity contribution in [3.05, 3.63) is 114 Å². The molecule has 190 valence electrons. The van der Waals surface area contributed by atoms with Crippen LogP contribution < -0.4 is 19.5 Å². The van der Waals surface area contributed by atoms with Crippen LogP contribution in [0.2, 0.25) is 0 Å². The first-order valence-electron chi connectivity index (χ1n) is 12.8. The van der Waals surface area contributed by atoms with Crippen molar-refractivity contribution in [3.8, 4) is 28.4 Å². The minimum atomic E-state index is 0.0675. The van der Waals surface area contributed by atoms with E-state index in [0.717, 1.165) is 37.3 Å². The second-order valence-electron chi connectivity index (χ2n) is 9.21. The summed E-state index contributed by atoms with van der Waals surface area (Å²) in [4.78, 5) is 2.52. The van der Waals surface area contributed by atoms with Gasteiger partial charge < -0.3 is 19.5 Å². The Balaban J connectivity index is 1.50. The van der Waals surface area contributed by atoms with Crippen LogP contribution in [-0.4, -0.2) is 45.3 Å². The Bertz CT molecular complexity index is 1250. The minimum absolute atomic E-state index is 0.0675. The molecule has 0 aliphatic carbocycles. The Morgan fingerprint density at radius 1 is 0.703 bits per heavy atom. The fraction of sp³-hybridized carbons (Fsp3) is 0.250.